The Balaban J connectivity index is 2.41. The standard InChI is InChI=1S/C13H11N3O5/c1-7-6-9(12(17)18)15-13(14-7)21-11-5-3-4-10(8(11)2)16(19)20/h3-6H,1-2H3,(H,17,18). The molecule has 1 aromatic carbocycles. The monoisotopic (exact) mass is 289 g/mol. The first-order valence-corrected chi connectivity index (χ1v) is 5.89. The van der Waals surface area contributed by atoms with Crippen molar-refractivity contribution in [2.24, 2.45) is 0 Å². The lowest BCUT2D eigenvalue weighted by molar-refractivity contribution is -0.385. The van der Waals surface area contributed by atoms with Gasteiger partial charge in [-0.25, -0.2) is 9.78 Å². The van der Waals surface area contributed by atoms with E-state index in [1.807, 2.05) is 0 Å². The fourth-order valence-electron chi connectivity index (χ4n) is 1.71. The molecule has 0 saturated heterocycles. The molecule has 8 nitrogen and oxygen atoms in total. The fraction of sp³-hybridized carbons (Fsp3) is 0.154. The molecule has 0 saturated carbocycles. The molecule has 2 aromatic rings. The summed E-state index contributed by atoms with van der Waals surface area (Å²) in [5, 5.41) is 19.8. The zero-order valence-electron chi connectivity index (χ0n) is 11.2. The van der Waals surface area contributed by atoms with Gasteiger partial charge in [0.15, 0.2) is 5.69 Å². The highest BCUT2D eigenvalue weighted by Crippen LogP contribution is 2.29. The number of nitro benzene ring substituents is 1. The molecule has 0 aliphatic rings. The van der Waals surface area contributed by atoms with Gasteiger partial charge in [0, 0.05) is 11.8 Å². The van der Waals surface area contributed by atoms with Crippen LogP contribution in [-0.4, -0.2) is 26.0 Å². The second-order valence-electron chi connectivity index (χ2n) is 4.24. The van der Waals surface area contributed by atoms with Crippen LogP contribution in [0.15, 0.2) is 24.3 Å². The molecule has 2 rings (SSSR count). The molecule has 0 bridgehead atoms. The summed E-state index contributed by atoms with van der Waals surface area (Å²) in [7, 11) is 0. The molecule has 0 aliphatic heterocycles. The highest BCUT2D eigenvalue weighted by Gasteiger charge is 2.16. The van der Waals surface area contributed by atoms with Gasteiger partial charge < -0.3 is 9.84 Å². The van der Waals surface area contributed by atoms with E-state index in [4.69, 9.17) is 9.84 Å². The van der Waals surface area contributed by atoms with Crippen LogP contribution in [0.1, 0.15) is 21.7 Å². The van der Waals surface area contributed by atoms with Crippen molar-refractivity contribution in [2.75, 3.05) is 0 Å². The van der Waals surface area contributed by atoms with Gasteiger partial charge in [0.1, 0.15) is 5.75 Å². The van der Waals surface area contributed by atoms with Gasteiger partial charge >= 0.3 is 12.0 Å². The molecule has 1 aromatic heterocycles. The van der Waals surface area contributed by atoms with E-state index in [1.54, 1.807) is 6.92 Å². The summed E-state index contributed by atoms with van der Waals surface area (Å²) in [6, 6.07) is 5.47. The maximum atomic E-state index is 10.9. The zero-order valence-corrected chi connectivity index (χ0v) is 11.2. The molecule has 0 fully saturated rings. The third-order valence-corrected chi connectivity index (χ3v) is 2.71. The number of aryl methyl sites for hydroxylation is 1. The number of nitro groups is 1. The third-order valence-electron chi connectivity index (χ3n) is 2.71. The SMILES string of the molecule is Cc1cc(C(=O)O)nc(Oc2cccc([N+](=O)[O-])c2C)n1. The average molecular weight is 289 g/mol. The summed E-state index contributed by atoms with van der Waals surface area (Å²) in [5.41, 5.74) is 0.421. The van der Waals surface area contributed by atoms with Crippen LogP contribution in [0.25, 0.3) is 0 Å². The predicted octanol–water partition coefficient (Wildman–Crippen LogP) is 2.49. The molecule has 1 N–H and O–H groups in total. The molecule has 21 heavy (non-hydrogen) atoms. The predicted molar refractivity (Wildman–Crippen MR) is 71.6 cm³/mol. The number of nitrogens with zero attached hydrogens (tertiary/aromatic N) is 3. The summed E-state index contributed by atoms with van der Waals surface area (Å²) in [4.78, 5) is 29.0. The van der Waals surface area contributed by atoms with Crippen LogP contribution in [0, 0.1) is 24.0 Å². The first-order chi connectivity index (χ1) is 9.88. The third kappa shape index (κ3) is 3.11. The normalized spacial score (nSPS) is 10.2. The minimum Gasteiger partial charge on any atom is -0.477 e. The Morgan fingerprint density at radius 3 is 2.67 bits per heavy atom. The van der Waals surface area contributed by atoms with Crippen LogP contribution >= 0.6 is 0 Å². The second kappa shape index (κ2) is 5.53. The average Bonchev–Trinajstić information content (AvgIpc) is 2.40. The van der Waals surface area contributed by atoms with Crippen molar-refractivity contribution in [3.63, 3.8) is 0 Å². The molecule has 0 atom stereocenters. The van der Waals surface area contributed by atoms with Gasteiger partial charge in [0.25, 0.3) is 5.69 Å². The van der Waals surface area contributed by atoms with E-state index < -0.39 is 10.9 Å². The number of carboxylic acids is 1. The number of hydrogen-bond acceptors (Lipinski definition) is 6. The summed E-state index contributed by atoms with van der Waals surface area (Å²) in [6.45, 7) is 3.13. The highest BCUT2D eigenvalue weighted by molar-refractivity contribution is 5.85. The molecule has 0 spiro atoms. The molecule has 1 heterocycles. The number of benzene rings is 1. The lowest BCUT2D eigenvalue weighted by Gasteiger charge is -2.08. The Morgan fingerprint density at radius 2 is 2.05 bits per heavy atom. The van der Waals surface area contributed by atoms with Crippen LogP contribution < -0.4 is 4.74 Å². The number of aromatic nitrogens is 2. The van der Waals surface area contributed by atoms with Crippen LogP contribution in [0.2, 0.25) is 0 Å². The summed E-state index contributed by atoms with van der Waals surface area (Å²) < 4.78 is 5.38. The van der Waals surface area contributed by atoms with Gasteiger partial charge in [0.2, 0.25) is 0 Å². The van der Waals surface area contributed by atoms with E-state index in [9.17, 15) is 14.9 Å². The first-order valence-electron chi connectivity index (χ1n) is 5.89. The number of hydrogen-bond donors (Lipinski definition) is 1. The van der Waals surface area contributed by atoms with Crippen LogP contribution in [0.5, 0.6) is 11.8 Å². The van der Waals surface area contributed by atoms with E-state index in [0.717, 1.165) is 0 Å². The molecule has 0 aliphatic carbocycles. The summed E-state index contributed by atoms with van der Waals surface area (Å²) in [5.74, 6) is -1.01. The van der Waals surface area contributed by atoms with Gasteiger partial charge in [-0.2, -0.15) is 4.98 Å². The van der Waals surface area contributed by atoms with Crippen molar-refractivity contribution in [2.45, 2.75) is 13.8 Å². The van der Waals surface area contributed by atoms with E-state index in [2.05, 4.69) is 9.97 Å². The Kier molecular flexibility index (Phi) is 3.79. The van der Waals surface area contributed by atoms with E-state index in [1.165, 1.54) is 31.2 Å². The summed E-state index contributed by atoms with van der Waals surface area (Å²) in [6.07, 6.45) is 0. The molecule has 0 amide bonds. The van der Waals surface area contributed by atoms with Gasteiger partial charge in [-0.05, 0) is 26.0 Å². The van der Waals surface area contributed by atoms with E-state index in [0.29, 0.717) is 11.3 Å². The van der Waals surface area contributed by atoms with Crippen molar-refractivity contribution >= 4 is 11.7 Å². The Labute approximate surface area is 119 Å². The number of aromatic carboxylic acids is 1. The second-order valence-corrected chi connectivity index (χ2v) is 4.24. The van der Waals surface area contributed by atoms with Crippen molar-refractivity contribution < 1.29 is 19.6 Å². The topological polar surface area (TPSA) is 115 Å². The lowest BCUT2D eigenvalue weighted by atomic mass is 10.2. The number of carbonyl (C=O) groups is 1. The van der Waals surface area contributed by atoms with E-state index in [-0.39, 0.29) is 23.1 Å². The van der Waals surface area contributed by atoms with Crippen molar-refractivity contribution in [3.8, 4) is 11.8 Å². The lowest BCUT2D eigenvalue weighted by Crippen LogP contribution is -2.05. The minimum atomic E-state index is -1.21. The van der Waals surface area contributed by atoms with E-state index >= 15 is 0 Å². The van der Waals surface area contributed by atoms with Crippen LogP contribution in [0.3, 0.4) is 0 Å². The molecule has 108 valence electrons. The van der Waals surface area contributed by atoms with Gasteiger partial charge in [-0.3, -0.25) is 10.1 Å². The zero-order chi connectivity index (χ0) is 15.6. The van der Waals surface area contributed by atoms with Gasteiger partial charge in [-0.1, -0.05) is 6.07 Å². The molecule has 8 heteroatoms. The van der Waals surface area contributed by atoms with Crippen molar-refractivity contribution in [1.82, 2.24) is 9.97 Å². The molecule has 0 unspecified atom stereocenters. The van der Waals surface area contributed by atoms with Crippen molar-refractivity contribution in [1.29, 1.82) is 0 Å². The highest BCUT2D eigenvalue weighted by atomic mass is 16.6. The van der Waals surface area contributed by atoms with Crippen LogP contribution in [0.4, 0.5) is 5.69 Å². The molecular weight excluding hydrogens is 278 g/mol. The molecule has 0 radical (unpaired) electrons. The largest absolute Gasteiger partial charge is 0.477 e. The summed E-state index contributed by atoms with van der Waals surface area (Å²) >= 11 is 0. The maximum absolute atomic E-state index is 10.9. The molecular formula is C13H11N3O5. The maximum Gasteiger partial charge on any atom is 0.354 e. The smallest absolute Gasteiger partial charge is 0.354 e. The van der Waals surface area contributed by atoms with Gasteiger partial charge in [-0.15, -0.1) is 0 Å². The minimum absolute atomic E-state index is 0.0985. The number of rotatable bonds is 4. The first kappa shape index (κ1) is 14.4. The fourth-order valence-corrected chi connectivity index (χ4v) is 1.71. The quantitative estimate of drug-likeness (QED) is 0.678. The Morgan fingerprint density at radius 1 is 1.33 bits per heavy atom. The van der Waals surface area contributed by atoms with Gasteiger partial charge in [0.05, 0.1) is 10.5 Å². The number of ether oxygens (including phenoxy) is 1. The number of carboxylic acid groups (broad SMARTS) is 1. The van der Waals surface area contributed by atoms with Crippen LogP contribution in [-0.2, 0) is 0 Å². The Bertz CT molecular complexity index is 730. The Hall–Kier alpha value is -3.03. The van der Waals surface area contributed by atoms with Crippen molar-refractivity contribution in [3.05, 3.63) is 51.3 Å².